The van der Waals surface area contributed by atoms with Crippen LogP contribution in [0.5, 0.6) is 0 Å². The van der Waals surface area contributed by atoms with Crippen LogP contribution in [0.1, 0.15) is 28.8 Å². The monoisotopic (exact) mass is 477 g/mol. The van der Waals surface area contributed by atoms with Gasteiger partial charge in [0.25, 0.3) is 5.91 Å². The summed E-state index contributed by atoms with van der Waals surface area (Å²) in [6, 6.07) is 12.3. The van der Waals surface area contributed by atoms with Gasteiger partial charge in [0.1, 0.15) is 5.82 Å². The van der Waals surface area contributed by atoms with Crippen molar-refractivity contribution in [1.29, 1.82) is 0 Å². The predicted octanol–water partition coefficient (Wildman–Crippen LogP) is 3.90. The van der Waals surface area contributed by atoms with E-state index in [4.69, 9.17) is 9.47 Å². The van der Waals surface area contributed by atoms with Crippen molar-refractivity contribution >= 4 is 23.2 Å². The van der Waals surface area contributed by atoms with Crippen molar-refractivity contribution in [3.8, 4) is 11.3 Å². The van der Waals surface area contributed by atoms with E-state index < -0.39 is 5.82 Å². The molecule has 6 rings (SSSR count). The van der Waals surface area contributed by atoms with Crippen molar-refractivity contribution in [3.05, 3.63) is 65.6 Å². The maximum absolute atomic E-state index is 14.9. The molecular formula is C26H28FN5O3. The van der Waals surface area contributed by atoms with Gasteiger partial charge in [0.2, 0.25) is 5.95 Å². The van der Waals surface area contributed by atoms with Gasteiger partial charge in [-0.2, -0.15) is 0 Å². The zero-order chi connectivity index (χ0) is 24.0. The quantitative estimate of drug-likeness (QED) is 0.550. The molecule has 0 unspecified atom stereocenters. The van der Waals surface area contributed by atoms with Crippen LogP contribution in [-0.2, 0) is 16.1 Å². The van der Waals surface area contributed by atoms with E-state index in [2.05, 4.69) is 37.6 Å². The summed E-state index contributed by atoms with van der Waals surface area (Å²) in [4.78, 5) is 23.5. The number of hydrogen-bond donors (Lipinski definition) is 2. The average Bonchev–Trinajstić information content (AvgIpc) is 2.88. The fourth-order valence-electron chi connectivity index (χ4n) is 4.22. The number of carbonyl (C=O) groups excluding carboxylic acids is 1. The highest BCUT2D eigenvalue weighted by atomic mass is 19.1. The van der Waals surface area contributed by atoms with Gasteiger partial charge < -0.3 is 25.0 Å². The third-order valence-corrected chi connectivity index (χ3v) is 6.04. The Hall–Kier alpha value is -3.56. The van der Waals surface area contributed by atoms with Crippen molar-refractivity contribution < 1.29 is 18.7 Å². The highest BCUT2D eigenvalue weighted by Crippen LogP contribution is 2.27. The maximum atomic E-state index is 14.9. The molecule has 0 atom stereocenters. The molecule has 0 spiro atoms. The molecule has 2 aromatic carbocycles. The van der Waals surface area contributed by atoms with Crippen LogP contribution in [0.25, 0.3) is 11.3 Å². The van der Waals surface area contributed by atoms with E-state index in [0.717, 1.165) is 42.9 Å². The standard InChI is InChI=1S/C26H28FN5O3/c27-23-15-19-3-4-22(23)24-5-7-29-26(31-24)30-20-13-18(17-35-10-2-1-6-28-25(19)33)14-21(16-20)32-8-11-34-12-9-32/h3-5,7,13-16H,1-2,6,8-12,17H2,(H,28,33)(H,29,30,31). The van der Waals surface area contributed by atoms with E-state index >= 15 is 0 Å². The molecular weight excluding hydrogens is 449 g/mol. The van der Waals surface area contributed by atoms with E-state index in [9.17, 15) is 9.18 Å². The molecule has 1 fully saturated rings. The van der Waals surface area contributed by atoms with Crippen molar-refractivity contribution in [1.82, 2.24) is 15.3 Å². The Balaban J connectivity index is 1.49. The minimum absolute atomic E-state index is 0.277. The second-order valence-corrected chi connectivity index (χ2v) is 8.59. The molecule has 6 bridgehead atoms. The van der Waals surface area contributed by atoms with Gasteiger partial charge in [0.15, 0.2) is 0 Å². The molecule has 182 valence electrons. The summed E-state index contributed by atoms with van der Waals surface area (Å²) in [6.45, 7) is 4.56. The molecule has 8 nitrogen and oxygen atoms in total. The van der Waals surface area contributed by atoms with E-state index in [1.165, 1.54) is 6.07 Å². The summed E-state index contributed by atoms with van der Waals surface area (Å²) < 4.78 is 26.4. The number of benzene rings is 2. The Labute approximate surface area is 203 Å². The molecule has 3 aliphatic rings. The maximum Gasteiger partial charge on any atom is 0.251 e. The average molecular weight is 478 g/mol. The zero-order valence-electron chi connectivity index (χ0n) is 19.4. The van der Waals surface area contributed by atoms with E-state index in [0.29, 0.717) is 50.2 Å². The summed E-state index contributed by atoms with van der Waals surface area (Å²) >= 11 is 0. The second kappa shape index (κ2) is 10.8. The Morgan fingerprint density at radius 1 is 0.971 bits per heavy atom. The van der Waals surface area contributed by atoms with Gasteiger partial charge in [-0.25, -0.2) is 14.4 Å². The lowest BCUT2D eigenvalue weighted by molar-refractivity contribution is 0.0945. The molecule has 9 heteroatoms. The summed E-state index contributed by atoms with van der Waals surface area (Å²) in [7, 11) is 0. The zero-order valence-corrected chi connectivity index (χ0v) is 19.4. The Bertz CT molecular complexity index is 1200. The van der Waals surface area contributed by atoms with Gasteiger partial charge in [-0.15, -0.1) is 0 Å². The molecule has 3 aliphatic heterocycles. The fraction of sp³-hybridized carbons (Fsp3) is 0.346. The Morgan fingerprint density at radius 2 is 1.86 bits per heavy atom. The van der Waals surface area contributed by atoms with Gasteiger partial charge in [0, 0.05) is 54.9 Å². The van der Waals surface area contributed by atoms with E-state index in [1.807, 2.05) is 6.07 Å². The first-order valence-electron chi connectivity index (χ1n) is 11.9. The molecule has 1 aromatic heterocycles. The van der Waals surface area contributed by atoms with E-state index in [-0.39, 0.29) is 11.5 Å². The molecule has 1 saturated heterocycles. The van der Waals surface area contributed by atoms with Crippen LogP contribution in [0.3, 0.4) is 0 Å². The van der Waals surface area contributed by atoms with Crippen LogP contribution in [0, 0.1) is 5.82 Å². The van der Waals surface area contributed by atoms with Crippen LogP contribution < -0.4 is 15.5 Å². The largest absolute Gasteiger partial charge is 0.378 e. The van der Waals surface area contributed by atoms with Gasteiger partial charge >= 0.3 is 0 Å². The molecule has 2 N–H and O–H groups in total. The predicted molar refractivity (Wildman–Crippen MR) is 131 cm³/mol. The summed E-state index contributed by atoms with van der Waals surface area (Å²) in [5.41, 5.74) is 3.94. The topological polar surface area (TPSA) is 88.6 Å². The lowest BCUT2D eigenvalue weighted by Crippen LogP contribution is -2.36. The van der Waals surface area contributed by atoms with Gasteiger partial charge in [-0.3, -0.25) is 4.79 Å². The second-order valence-electron chi connectivity index (χ2n) is 8.59. The van der Waals surface area contributed by atoms with Crippen LogP contribution in [0.4, 0.5) is 21.7 Å². The number of carbonyl (C=O) groups is 1. The molecule has 0 radical (unpaired) electrons. The molecule has 3 aromatic rings. The molecule has 4 heterocycles. The minimum Gasteiger partial charge on any atom is -0.378 e. The van der Waals surface area contributed by atoms with Gasteiger partial charge in [0.05, 0.1) is 25.5 Å². The van der Waals surface area contributed by atoms with Crippen molar-refractivity contribution in [3.63, 3.8) is 0 Å². The molecule has 35 heavy (non-hydrogen) atoms. The number of rotatable bonds is 1. The first-order chi connectivity index (χ1) is 17.2. The number of amides is 1. The number of nitrogens with one attached hydrogen (secondary N) is 2. The number of morpholine rings is 1. The number of ether oxygens (including phenoxy) is 2. The normalized spacial score (nSPS) is 17.1. The lowest BCUT2D eigenvalue weighted by Gasteiger charge is -2.29. The van der Waals surface area contributed by atoms with Crippen molar-refractivity contribution in [2.75, 3.05) is 49.7 Å². The Morgan fingerprint density at radius 3 is 2.71 bits per heavy atom. The van der Waals surface area contributed by atoms with E-state index in [1.54, 1.807) is 24.4 Å². The summed E-state index contributed by atoms with van der Waals surface area (Å²) in [5.74, 6) is -0.455. The highest BCUT2D eigenvalue weighted by molar-refractivity contribution is 5.94. The van der Waals surface area contributed by atoms with Crippen molar-refractivity contribution in [2.24, 2.45) is 0 Å². The van der Waals surface area contributed by atoms with Gasteiger partial charge in [-0.1, -0.05) is 0 Å². The fourth-order valence-corrected chi connectivity index (χ4v) is 4.22. The number of aromatic nitrogens is 2. The first-order valence-corrected chi connectivity index (χ1v) is 11.9. The first kappa shape index (κ1) is 23.2. The van der Waals surface area contributed by atoms with Crippen LogP contribution in [-0.4, -0.2) is 55.3 Å². The van der Waals surface area contributed by atoms with Crippen LogP contribution in [0.15, 0.2) is 48.7 Å². The molecule has 0 aliphatic carbocycles. The molecule has 0 saturated carbocycles. The van der Waals surface area contributed by atoms with Crippen molar-refractivity contribution in [2.45, 2.75) is 19.4 Å². The number of nitrogens with zero attached hydrogens (tertiary/aromatic N) is 3. The number of halogens is 1. The number of hydrogen-bond acceptors (Lipinski definition) is 7. The molecule has 1 amide bonds. The summed E-state index contributed by atoms with van der Waals surface area (Å²) in [5, 5.41) is 6.12. The Kier molecular flexibility index (Phi) is 7.15. The third kappa shape index (κ3) is 5.75. The number of fused-ring (bicyclic) bond motifs is 9. The third-order valence-electron chi connectivity index (χ3n) is 6.04. The van der Waals surface area contributed by atoms with Gasteiger partial charge in [-0.05, 0) is 60.9 Å². The number of anilines is 3. The highest BCUT2D eigenvalue weighted by Gasteiger charge is 2.15. The lowest BCUT2D eigenvalue weighted by atomic mass is 10.1. The van der Waals surface area contributed by atoms with Crippen LogP contribution >= 0.6 is 0 Å². The SMILES string of the molecule is O=C1NCCCCOCc2cc(cc(N3CCOCC3)c2)Nc2nccc(n2)-c2ccc1cc2F. The minimum atomic E-state index is -0.509. The van der Waals surface area contributed by atoms with Crippen LogP contribution in [0.2, 0.25) is 0 Å². The summed E-state index contributed by atoms with van der Waals surface area (Å²) in [6.07, 6.45) is 3.17. The smallest absolute Gasteiger partial charge is 0.251 e.